The van der Waals surface area contributed by atoms with Crippen molar-refractivity contribution in [3.63, 3.8) is 0 Å². The monoisotopic (exact) mass is 306 g/mol. The van der Waals surface area contributed by atoms with Crippen molar-refractivity contribution in [2.24, 2.45) is 0 Å². The van der Waals surface area contributed by atoms with Crippen LogP contribution in [0, 0.1) is 11.3 Å². The topological polar surface area (TPSA) is 78.2 Å². The first-order chi connectivity index (χ1) is 10.2. The summed E-state index contributed by atoms with van der Waals surface area (Å²) in [7, 11) is 0. The minimum atomic E-state index is -0.507. The zero-order valence-electron chi connectivity index (χ0n) is 11.4. The summed E-state index contributed by atoms with van der Waals surface area (Å²) in [5, 5.41) is 12.2. The van der Waals surface area contributed by atoms with E-state index < -0.39 is 6.10 Å². The third-order valence-electron chi connectivity index (χ3n) is 3.53. The predicted octanol–water partition coefficient (Wildman–Crippen LogP) is 1.09. The average molecular weight is 307 g/mol. The molecule has 2 heterocycles. The van der Waals surface area contributed by atoms with Gasteiger partial charge in [0.15, 0.2) is 6.10 Å². The first-order valence-electron chi connectivity index (χ1n) is 6.90. The Labute approximate surface area is 127 Å². The maximum atomic E-state index is 12.1. The second kappa shape index (κ2) is 5.88. The molecule has 7 heteroatoms. The molecule has 1 amide bonds. The minimum absolute atomic E-state index is 0.0769. The number of morpholine rings is 1. The molecule has 1 aromatic heterocycles. The molecule has 1 N–H and O–H groups in total. The molecule has 21 heavy (non-hydrogen) atoms. The lowest BCUT2D eigenvalue weighted by molar-refractivity contribution is -0.133. The summed E-state index contributed by atoms with van der Waals surface area (Å²) in [6.07, 6.45) is 3.07. The summed E-state index contributed by atoms with van der Waals surface area (Å²) in [5.74, 6) is 0.509. The number of carbonyl (C=O) groups is 1. The molecule has 1 atom stereocenters. The zero-order valence-corrected chi connectivity index (χ0v) is 12.1. The third-order valence-corrected chi connectivity index (χ3v) is 3.81. The molecule has 1 saturated heterocycles. The van der Waals surface area contributed by atoms with Crippen molar-refractivity contribution in [1.29, 1.82) is 5.26 Å². The van der Waals surface area contributed by atoms with Gasteiger partial charge < -0.3 is 15.0 Å². The summed E-state index contributed by atoms with van der Waals surface area (Å²) in [5.41, 5.74) is 0.417. The van der Waals surface area contributed by atoms with Crippen LogP contribution in [0.5, 0.6) is 0 Å². The summed E-state index contributed by atoms with van der Waals surface area (Å²) < 4.78 is 5.53. The molecule has 1 aromatic rings. The van der Waals surface area contributed by atoms with E-state index in [0.717, 1.165) is 12.8 Å². The van der Waals surface area contributed by atoms with Crippen LogP contribution < -0.4 is 10.2 Å². The highest BCUT2D eigenvalue weighted by atomic mass is 35.5. The van der Waals surface area contributed by atoms with Gasteiger partial charge in [0.05, 0.1) is 23.7 Å². The maximum Gasteiger partial charge on any atom is 0.251 e. The van der Waals surface area contributed by atoms with Crippen molar-refractivity contribution < 1.29 is 9.53 Å². The molecule has 0 radical (unpaired) electrons. The Balaban J connectivity index is 1.70. The van der Waals surface area contributed by atoms with Gasteiger partial charge in [0, 0.05) is 18.8 Å². The number of anilines is 1. The molecule has 110 valence electrons. The molecule has 2 aliphatic rings. The second-order valence-corrected chi connectivity index (χ2v) is 5.64. The number of nitrogens with one attached hydrogen (secondary N) is 1. The molecule has 0 bridgehead atoms. The molecule has 2 fully saturated rings. The summed E-state index contributed by atoms with van der Waals surface area (Å²) in [4.78, 5) is 18.2. The Kier molecular flexibility index (Phi) is 3.95. The van der Waals surface area contributed by atoms with E-state index >= 15 is 0 Å². The molecule has 1 saturated carbocycles. The minimum Gasteiger partial charge on any atom is -0.365 e. The van der Waals surface area contributed by atoms with Crippen molar-refractivity contribution in [3.8, 4) is 6.07 Å². The van der Waals surface area contributed by atoms with Gasteiger partial charge in [0.2, 0.25) is 0 Å². The molecule has 3 rings (SSSR count). The van der Waals surface area contributed by atoms with E-state index in [2.05, 4.69) is 10.3 Å². The van der Waals surface area contributed by atoms with Gasteiger partial charge in [-0.25, -0.2) is 4.98 Å². The number of halogens is 1. The van der Waals surface area contributed by atoms with Crippen LogP contribution in [0.1, 0.15) is 18.4 Å². The van der Waals surface area contributed by atoms with Gasteiger partial charge in [-0.05, 0) is 18.9 Å². The first kappa shape index (κ1) is 14.1. The highest BCUT2D eigenvalue weighted by Gasteiger charge is 2.32. The number of hydrogen-bond acceptors (Lipinski definition) is 5. The van der Waals surface area contributed by atoms with Gasteiger partial charge in [-0.2, -0.15) is 5.26 Å². The van der Waals surface area contributed by atoms with Crippen LogP contribution in [0.2, 0.25) is 5.02 Å². The van der Waals surface area contributed by atoms with Gasteiger partial charge in [-0.15, -0.1) is 0 Å². The largest absolute Gasteiger partial charge is 0.365 e. The van der Waals surface area contributed by atoms with Gasteiger partial charge in [0.25, 0.3) is 5.91 Å². The highest BCUT2D eigenvalue weighted by Crippen LogP contribution is 2.26. The van der Waals surface area contributed by atoms with Crippen LogP contribution >= 0.6 is 11.6 Å². The summed E-state index contributed by atoms with van der Waals surface area (Å²) in [6.45, 7) is 1.48. The highest BCUT2D eigenvalue weighted by molar-refractivity contribution is 6.33. The molecule has 6 nitrogen and oxygen atoms in total. The van der Waals surface area contributed by atoms with Crippen molar-refractivity contribution in [3.05, 3.63) is 22.8 Å². The van der Waals surface area contributed by atoms with Crippen LogP contribution in [0.3, 0.4) is 0 Å². The quantitative estimate of drug-likeness (QED) is 0.904. The molecule has 1 aliphatic heterocycles. The Morgan fingerprint density at radius 1 is 1.57 bits per heavy atom. The van der Waals surface area contributed by atoms with Crippen molar-refractivity contribution in [2.75, 3.05) is 24.6 Å². The van der Waals surface area contributed by atoms with Gasteiger partial charge in [-0.1, -0.05) is 11.6 Å². The Hall–Kier alpha value is -1.84. The van der Waals surface area contributed by atoms with E-state index in [1.54, 1.807) is 6.07 Å². The van der Waals surface area contributed by atoms with E-state index in [9.17, 15) is 4.79 Å². The smallest absolute Gasteiger partial charge is 0.251 e. The Morgan fingerprint density at radius 2 is 2.38 bits per heavy atom. The van der Waals surface area contributed by atoms with E-state index in [0.29, 0.717) is 42.1 Å². The number of pyridine rings is 1. The van der Waals surface area contributed by atoms with Gasteiger partial charge in [-0.3, -0.25) is 4.79 Å². The van der Waals surface area contributed by atoms with E-state index in [1.165, 1.54) is 6.20 Å². The fourth-order valence-corrected chi connectivity index (χ4v) is 2.53. The van der Waals surface area contributed by atoms with Crippen LogP contribution in [-0.4, -0.2) is 42.7 Å². The lowest BCUT2D eigenvalue weighted by atomic mass is 10.2. The molecular weight excluding hydrogens is 292 g/mol. The normalized spacial score (nSPS) is 21.7. The lowest BCUT2D eigenvalue weighted by Crippen LogP contribution is -2.50. The van der Waals surface area contributed by atoms with Crippen LogP contribution in [0.25, 0.3) is 0 Å². The Bertz CT molecular complexity index is 597. The number of amides is 1. The molecule has 1 unspecified atom stereocenters. The number of ether oxygens (including phenoxy) is 1. The van der Waals surface area contributed by atoms with E-state index in [1.807, 2.05) is 11.0 Å². The Morgan fingerprint density at radius 3 is 3.05 bits per heavy atom. The molecule has 1 aliphatic carbocycles. The molecule has 0 spiro atoms. The number of carbonyl (C=O) groups excluding carboxylic acids is 1. The van der Waals surface area contributed by atoms with Crippen LogP contribution in [0.15, 0.2) is 12.3 Å². The lowest BCUT2D eigenvalue weighted by Gasteiger charge is -2.33. The van der Waals surface area contributed by atoms with Crippen LogP contribution in [-0.2, 0) is 9.53 Å². The molecular formula is C14H15ClN4O2. The van der Waals surface area contributed by atoms with Crippen LogP contribution in [0.4, 0.5) is 5.82 Å². The van der Waals surface area contributed by atoms with Gasteiger partial charge >= 0.3 is 0 Å². The van der Waals surface area contributed by atoms with Crippen molar-refractivity contribution in [1.82, 2.24) is 10.3 Å². The maximum absolute atomic E-state index is 12.1. The van der Waals surface area contributed by atoms with E-state index in [4.69, 9.17) is 21.6 Å². The number of nitriles is 1. The van der Waals surface area contributed by atoms with Crippen molar-refractivity contribution in [2.45, 2.75) is 25.0 Å². The summed E-state index contributed by atoms with van der Waals surface area (Å²) >= 11 is 6.17. The number of nitrogens with zero attached hydrogens (tertiary/aromatic N) is 3. The van der Waals surface area contributed by atoms with Gasteiger partial charge in [0.1, 0.15) is 11.9 Å². The van der Waals surface area contributed by atoms with E-state index in [-0.39, 0.29) is 5.91 Å². The zero-order chi connectivity index (χ0) is 14.8. The second-order valence-electron chi connectivity index (χ2n) is 5.23. The fraction of sp³-hybridized carbons (Fsp3) is 0.500. The number of hydrogen-bond donors (Lipinski definition) is 1. The summed E-state index contributed by atoms with van der Waals surface area (Å²) in [6, 6.07) is 3.89. The molecule has 0 aromatic carbocycles. The third kappa shape index (κ3) is 3.26. The first-order valence-corrected chi connectivity index (χ1v) is 7.28. The predicted molar refractivity (Wildman–Crippen MR) is 77.1 cm³/mol. The number of aromatic nitrogens is 1. The SMILES string of the molecule is N#Cc1cnc(N2CCOC(C(=O)NC3CC3)C2)c(Cl)c1. The standard InChI is InChI=1S/C14H15ClN4O2/c15-11-5-9(6-16)7-17-13(11)19-3-4-21-12(8-19)14(20)18-10-1-2-10/h5,7,10,12H,1-4,8H2,(H,18,20). The van der Waals surface area contributed by atoms with Crippen molar-refractivity contribution >= 4 is 23.3 Å². The number of rotatable bonds is 3. The average Bonchev–Trinajstić information content (AvgIpc) is 3.31. The fourth-order valence-electron chi connectivity index (χ4n) is 2.25.